The zero-order chi connectivity index (χ0) is 15.2. The zero-order valence-corrected chi connectivity index (χ0v) is 11.2. The molecule has 21 heavy (non-hydrogen) atoms. The Morgan fingerprint density at radius 1 is 1.14 bits per heavy atom. The predicted octanol–water partition coefficient (Wildman–Crippen LogP) is 2.58. The number of anilines is 1. The van der Waals surface area contributed by atoms with Crippen molar-refractivity contribution in [3.05, 3.63) is 69.8 Å². The summed E-state index contributed by atoms with van der Waals surface area (Å²) in [4.78, 5) is 21.8. The second kappa shape index (κ2) is 6.51. The molecule has 0 saturated heterocycles. The summed E-state index contributed by atoms with van der Waals surface area (Å²) in [6, 6.07) is 12.6. The molecular weight excluding hydrogens is 272 g/mol. The number of hydrogen-bond donors (Lipinski definition) is 1. The molecule has 0 aliphatic rings. The largest absolute Gasteiger partial charge is 0.462 e. The average molecular weight is 286 g/mol. The van der Waals surface area contributed by atoms with Gasteiger partial charge < -0.3 is 10.5 Å². The molecule has 0 spiro atoms. The standard InChI is InChI=1S/C15H14N2O4/c16-14-4-2-1-3-11(14)9-10-21-15(18)12-5-7-13(8-6-12)17(19)20/h1-8H,9-10,16H2. The van der Waals surface area contributed by atoms with Crippen LogP contribution in [-0.4, -0.2) is 17.5 Å². The van der Waals surface area contributed by atoms with Gasteiger partial charge >= 0.3 is 5.97 Å². The number of para-hydroxylation sites is 1. The lowest BCUT2D eigenvalue weighted by Crippen LogP contribution is -2.09. The SMILES string of the molecule is Nc1ccccc1CCOC(=O)c1ccc([N+](=O)[O-])cc1. The number of hydrogen-bond acceptors (Lipinski definition) is 5. The van der Waals surface area contributed by atoms with E-state index in [0.717, 1.165) is 5.56 Å². The molecule has 6 heteroatoms. The first-order valence-electron chi connectivity index (χ1n) is 6.33. The second-order valence-corrected chi connectivity index (χ2v) is 4.39. The van der Waals surface area contributed by atoms with Crippen molar-refractivity contribution in [2.45, 2.75) is 6.42 Å². The lowest BCUT2D eigenvalue weighted by Gasteiger charge is -2.07. The molecule has 0 bridgehead atoms. The van der Waals surface area contributed by atoms with Crippen LogP contribution >= 0.6 is 0 Å². The lowest BCUT2D eigenvalue weighted by molar-refractivity contribution is -0.384. The highest BCUT2D eigenvalue weighted by Gasteiger charge is 2.10. The summed E-state index contributed by atoms with van der Waals surface area (Å²) < 4.78 is 5.12. The summed E-state index contributed by atoms with van der Waals surface area (Å²) in [5.74, 6) is -0.514. The van der Waals surface area contributed by atoms with Crippen molar-refractivity contribution >= 4 is 17.3 Å². The third-order valence-electron chi connectivity index (χ3n) is 2.97. The third kappa shape index (κ3) is 3.79. The Labute approximate surface area is 121 Å². The molecule has 6 nitrogen and oxygen atoms in total. The normalized spacial score (nSPS) is 10.1. The molecule has 0 heterocycles. The molecule has 0 amide bonds. The van der Waals surface area contributed by atoms with Crippen molar-refractivity contribution in [1.29, 1.82) is 0 Å². The van der Waals surface area contributed by atoms with E-state index in [0.29, 0.717) is 12.1 Å². The monoisotopic (exact) mass is 286 g/mol. The van der Waals surface area contributed by atoms with E-state index in [-0.39, 0.29) is 17.9 Å². The number of benzene rings is 2. The van der Waals surface area contributed by atoms with E-state index in [1.165, 1.54) is 24.3 Å². The van der Waals surface area contributed by atoms with Gasteiger partial charge in [-0.15, -0.1) is 0 Å². The Hall–Kier alpha value is -2.89. The van der Waals surface area contributed by atoms with Gasteiger partial charge in [-0.1, -0.05) is 18.2 Å². The highest BCUT2D eigenvalue weighted by Crippen LogP contribution is 2.14. The van der Waals surface area contributed by atoms with E-state index in [1.807, 2.05) is 18.2 Å². The number of carbonyl (C=O) groups excluding carboxylic acids is 1. The minimum atomic E-state index is -0.521. The third-order valence-corrected chi connectivity index (χ3v) is 2.97. The number of non-ortho nitro benzene ring substituents is 1. The Morgan fingerprint density at radius 3 is 2.43 bits per heavy atom. The van der Waals surface area contributed by atoms with Gasteiger partial charge in [-0.25, -0.2) is 4.79 Å². The fourth-order valence-electron chi connectivity index (χ4n) is 1.82. The van der Waals surface area contributed by atoms with Crippen LogP contribution < -0.4 is 5.73 Å². The summed E-state index contributed by atoms with van der Waals surface area (Å²) in [5.41, 5.74) is 7.57. The molecule has 0 aliphatic heterocycles. The molecule has 2 aromatic rings. The fraction of sp³-hybridized carbons (Fsp3) is 0.133. The van der Waals surface area contributed by atoms with Gasteiger partial charge in [-0.05, 0) is 23.8 Å². The lowest BCUT2D eigenvalue weighted by atomic mass is 10.1. The molecule has 0 saturated carbocycles. The Morgan fingerprint density at radius 2 is 1.81 bits per heavy atom. The molecule has 2 aromatic carbocycles. The smallest absolute Gasteiger partial charge is 0.338 e. The molecule has 0 aliphatic carbocycles. The van der Waals surface area contributed by atoms with Crippen LogP contribution in [0.15, 0.2) is 48.5 Å². The van der Waals surface area contributed by atoms with Crippen molar-refractivity contribution in [2.75, 3.05) is 12.3 Å². The molecule has 0 atom stereocenters. The molecule has 0 fully saturated rings. The summed E-state index contributed by atoms with van der Waals surface area (Å²) >= 11 is 0. The van der Waals surface area contributed by atoms with Gasteiger partial charge in [-0.2, -0.15) is 0 Å². The Balaban J connectivity index is 1.90. The van der Waals surface area contributed by atoms with E-state index in [1.54, 1.807) is 6.07 Å². The van der Waals surface area contributed by atoms with Crippen LogP contribution in [0.1, 0.15) is 15.9 Å². The zero-order valence-electron chi connectivity index (χ0n) is 11.2. The van der Waals surface area contributed by atoms with Crippen LogP contribution in [0.3, 0.4) is 0 Å². The first-order valence-corrected chi connectivity index (χ1v) is 6.33. The Kier molecular flexibility index (Phi) is 4.50. The van der Waals surface area contributed by atoms with Crippen molar-refractivity contribution in [2.24, 2.45) is 0 Å². The molecule has 0 unspecified atom stereocenters. The van der Waals surface area contributed by atoms with Gasteiger partial charge in [0.15, 0.2) is 0 Å². The quantitative estimate of drug-likeness (QED) is 0.394. The number of nitrogens with zero attached hydrogens (tertiary/aromatic N) is 1. The van der Waals surface area contributed by atoms with E-state index in [9.17, 15) is 14.9 Å². The van der Waals surface area contributed by atoms with Crippen molar-refractivity contribution in [1.82, 2.24) is 0 Å². The minimum Gasteiger partial charge on any atom is -0.462 e. The molecule has 108 valence electrons. The number of nitrogen functional groups attached to an aromatic ring is 1. The fourth-order valence-corrected chi connectivity index (χ4v) is 1.82. The van der Waals surface area contributed by atoms with Gasteiger partial charge in [0.1, 0.15) is 0 Å². The first kappa shape index (κ1) is 14.5. The predicted molar refractivity (Wildman–Crippen MR) is 77.9 cm³/mol. The number of carbonyl (C=O) groups is 1. The summed E-state index contributed by atoms with van der Waals surface area (Å²) in [6.45, 7) is 0.198. The number of rotatable bonds is 5. The summed E-state index contributed by atoms with van der Waals surface area (Å²) in [6.07, 6.45) is 0.519. The van der Waals surface area contributed by atoms with Gasteiger partial charge in [0, 0.05) is 24.2 Å². The van der Waals surface area contributed by atoms with E-state index < -0.39 is 10.9 Å². The number of ether oxygens (including phenoxy) is 1. The number of nitro groups is 1. The summed E-state index contributed by atoms with van der Waals surface area (Å²) in [5, 5.41) is 10.5. The highest BCUT2D eigenvalue weighted by molar-refractivity contribution is 5.89. The maximum absolute atomic E-state index is 11.8. The van der Waals surface area contributed by atoms with Crippen LogP contribution in [0.25, 0.3) is 0 Å². The van der Waals surface area contributed by atoms with E-state index in [4.69, 9.17) is 10.5 Å². The van der Waals surface area contributed by atoms with E-state index >= 15 is 0 Å². The Bertz CT molecular complexity index is 653. The molecule has 2 N–H and O–H groups in total. The summed E-state index contributed by atoms with van der Waals surface area (Å²) in [7, 11) is 0. The van der Waals surface area contributed by atoms with E-state index in [2.05, 4.69) is 0 Å². The highest BCUT2D eigenvalue weighted by atomic mass is 16.6. The first-order chi connectivity index (χ1) is 10.1. The minimum absolute atomic E-state index is 0.0661. The van der Waals surface area contributed by atoms with Crippen molar-refractivity contribution in [3.63, 3.8) is 0 Å². The van der Waals surface area contributed by atoms with Crippen LogP contribution in [-0.2, 0) is 11.2 Å². The maximum atomic E-state index is 11.8. The van der Waals surface area contributed by atoms with Crippen LogP contribution in [0.2, 0.25) is 0 Å². The van der Waals surface area contributed by atoms with Crippen molar-refractivity contribution in [3.8, 4) is 0 Å². The second-order valence-electron chi connectivity index (χ2n) is 4.39. The van der Waals surface area contributed by atoms with Crippen LogP contribution in [0.5, 0.6) is 0 Å². The maximum Gasteiger partial charge on any atom is 0.338 e. The van der Waals surface area contributed by atoms with Gasteiger partial charge in [-0.3, -0.25) is 10.1 Å². The number of nitro benzene ring substituents is 1. The van der Waals surface area contributed by atoms with Gasteiger partial charge in [0.2, 0.25) is 0 Å². The van der Waals surface area contributed by atoms with Gasteiger partial charge in [0.05, 0.1) is 17.1 Å². The topological polar surface area (TPSA) is 95.5 Å². The van der Waals surface area contributed by atoms with Gasteiger partial charge in [0.25, 0.3) is 5.69 Å². The number of nitrogens with two attached hydrogens (primary N) is 1. The van der Waals surface area contributed by atoms with Crippen molar-refractivity contribution < 1.29 is 14.5 Å². The molecule has 0 radical (unpaired) electrons. The molecular formula is C15H14N2O4. The van der Waals surface area contributed by atoms with Crippen LogP contribution in [0, 0.1) is 10.1 Å². The average Bonchev–Trinajstić information content (AvgIpc) is 2.49. The molecule has 2 rings (SSSR count). The number of esters is 1. The van der Waals surface area contributed by atoms with Crippen LogP contribution in [0.4, 0.5) is 11.4 Å². The molecule has 0 aromatic heterocycles.